The molecule has 0 aromatic heterocycles. The number of thiocarbonyl (C=S) groups is 1. The summed E-state index contributed by atoms with van der Waals surface area (Å²) < 4.78 is 11.2. The molecule has 0 aliphatic carbocycles. The third-order valence-electron chi connectivity index (χ3n) is 3.90. The fourth-order valence-corrected chi connectivity index (χ4v) is 2.58. The van der Waals surface area contributed by atoms with Crippen LogP contribution in [0.25, 0.3) is 6.08 Å². The fraction of sp³-hybridized carbons (Fsp3) is 0.316. The van der Waals surface area contributed by atoms with Crippen molar-refractivity contribution in [2.24, 2.45) is 0 Å². The average Bonchev–Trinajstić information content (AvgIpc) is 2.63. The van der Waals surface area contributed by atoms with E-state index in [1.54, 1.807) is 31.4 Å². The first-order chi connectivity index (χ1) is 12.4. The predicted octanol–water partition coefficient (Wildman–Crippen LogP) is 2.69. The maximum absolute atomic E-state index is 12.6. The van der Waals surface area contributed by atoms with Crippen molar-refractivity contribution in [1.29, 1.82) is 0 Å². The lowest BCUT2D eigenvalue weighted by Crippen LogP contribution is -2.53. The van der Waals surface area contributed by atoms with Crippen molar-refractivity contribution in [3.8, 4) is 11.5 Å². The van der Waals surface area contributed by atoms with Crippen molar-refractivity contribution in [2.75, 3.05) is 13.7 Å². The monoisotopic (exact) mass is 374 g/mol. The lowest BCUT2D eigenvalue weighted by atomic mass is 10.1. The molecule has 2 rings (SSSR count). The van der Waals surface area contributed by atoms with E-state index >= 15 is 0 Å². The van der Waals surface area contributed by atoms with Crippen LogP contribution in [0.15, 0.2) is 36.4 Å². The molecule has 1 aromatic rings. The van der Waals surface area contributed by atoms with Crippen molar-refractivity contribution in [3.05, 3.63) is 42.0 Å². The van der Waals surface area contributed by atoms with Gasteiger partial charge in [0.25, 0.3) is 11.8 Å². The molecular weight excluding hydrogens is 352 g/mol. The Morgan fingerprint density at radius 3 is 2.69 bits per heavy atom. The quantitative estimate of drug-likeness (QED) is 0.344. The standard InChI is InChI=1S/C19H22N2O4S/c1-5-9-21-18(23)14(17(22)20-19(21)26)10-13-7-8-15(16(11-13)24-4)25-12(3)6-2/h5,7-8,10-12H,1,6,9H2,2-4H3,(H,20,22,26)/b14-10+. The van der Waals surface area contributed by atoms with Gasteiger partial charge in [-0.25, -0.2) is 0 Å². The maximum Gasteiger partial charge on any atom is 0.265 e. The van der Waals surface area contributed by atoms with E-state index < -0.39 is 11.8 Å². The Morgan fingerprint density at radius 2 is 2.08 bits per heavy atom. The Balaban J connectivity index is 2.35. The molecule has 1 aromatic carbocycles. The molecule has 1 N–H and O–H groups in total. The van der Waals surface area contributed by atoms with Crippen LogP contribution in [0.3, 0.4) is 0 Å². The maximum atomic E-state index is 12.6. The van der Waals surface area contributed by atoms with Gasteiger partial charge in [-0.2, -0.15) is 0 Å². The number of methoxy groups -OCH3 is 1. The normalized spacial score (nSPS) is 17.1. The molecule has 6 nitrogen and oxygen atoms in total. The van der Waals surface area contributed by atoms with E-state index in [4.69, 9.17) is 21.7 Å². The van der Waals surface area contributed by atoms with Crippen LogP contribution in [-0.2, 0) is 9.59 Å². The van der Waals surface area contributed by atoms with Crippen molar-refractivity contribution in [3.63, 3.8) is 0 Å². The van der Waals surface area contributed by atoms with Gasteiger partial charge in [0.1, 0.15) is 5.57 Å². The molecule has 1 atom stereocenters. The Hall–Kier alpha value is -2.67. The van der Waals surface area contributed by atoms with Crippen LogP contribution in [0, 0.1) is 0 Å². The zero-order valence-corrected chi connectivity index (χ0v) is 15.9. The number of benzene rings is 1. The molecule has 1 aliphatic rings. The van der Waals surface area contributed by atoms with Gasteiger partial charge in [0.05, 0.1) is 13.2 Å². The number of carbonyl (C=O) groups is 2. The Kier molecular flexibility index (Phi) is 6.52. The molecule has 2 amide bonds. The van der Waals surface area contributed by atoms with Crippen LogP contribution in [0.4, 0.5) is 0 Å². The highest BCUT2D eigenvalue weighted by atomic mass is 32.1. The first-order valence-electron chi connectivity index (χ1n) is 8.25. The number of amides is 2. The molecule has 1 fully saturated rings. The van der Waals surface area contributed by atoms with E-state index in [1.165, 1.54) is 11.0 Å². The average molecular weight is 374 g/mol. The molecule has 1 saturated heterocycles. The van der Waals surface area contributed by atoms with Crippen molar-refractivity contribution in [2.45, 2.75) is 26.4 Å². The van der Waals surface area contributed by atoms with Crippen LogP contribution >= 0.6 is 12.2 Å². The second-order valence-corrected chi connectivity index (χ2v) is 6.16. The topological polar surface area (TPSA) is 67.9 Å². The van der Waals surface area contributed by atoms with E-state index in [0.29, 0.717) is 17.1 Å². The fourth-order valence-electron chi connectivity index (χ4n) is 2.33. The number of hydrogen-bond donors (Lipinski definition) is 1. The van der Waals surface area contributed by atoms with Gasteiger partial charge in [-0.1, -0.05) is 19.1 Å². The van der Waals surface area contributed by atoms with Gasteiger partial charge < -0.3 is 9.47 Å². The van der Waals surface area contributed by atoms with Crippen LogP contribution < -0.4 is 14.8 Å². The smallest absolute Gasteiger partial charge is 0.265 e. The van der Waals surface area contributed by atoms with Crippen LogP contribution in [0.5, 0.6) is 11.5 Å². The molecule has 0 bridgehead atoms. The number of hydrogen-bond acceptors (Lipinski definition) is 5. The molecule has 0 saturated carbocycles. The van der Waals surface area contributed by atoms with Crippen LogP contribution in [0.2, 0.25) is 0 Å². The number of carbonyl (C=O) groups excluding carboxylic acids is 2. The molecular formula is C19H22N2O4S. The van der Waals surface area contributed by atoms with Crippen molar-refractivity contribution in [1.82, 2.24) is 10.2 Å². The lowest BCUT2D eigenvalue weighted by Gasteiger charge is -2.27. The minimum absolute atomic E-state index is 0.00176. The SMILES string of the molecule is C=CCN1C(=O)/C(=C/c2ccc(OC(C)CC)c(OC)c2)C(=O)NC1=S. The van der Waals surface area contributed by atoms with E-state index in [9.17, 15) is 9.59 Å². The molecule has 1 heterocycles. The third kappa shape index (κ3) is 4.29. The number of rotatable bonds is 7. The summed E-state index contributed by atoms with van der Waals surface area (Å²) in [6, 6.07) is 5.24. The van der Waals surface area contributed by atoms with E-state index in [0.717, 1.165) is 6.42 Å². The lowest BCUT2D eigenvalue weighted by molar-refractivity contribution is -0.128. The molecule has 26 heavy (non-hydrogen) atoms. The molecule has 1 unspecified atom stereocenters. The summed E-state index contributed by atoms with van der Waals surface area (Å²) in [7, 11) is 1.54. The molecule has 1 aliphatic heterocycles. The van der Waals surface area contributed by atoms with Gasteiger partial charge in [0.15, 0.2) is 16.6 Å². The summed E-state index contributed by atoms with van der Waals surface area (Å²) in [5.74, 6) is 0.149. The molecule has 0 radical (unpaired) electrons. The van der Waals surface area contributed by atoms with Crippen LogP contribution in [0.1, 0.15) is 25.8 Å². The Labute approximate surface area is 158 Å². The number of nitrogens with zero attached hydrogens (tertiary/aromatic N) is 1. The van der Waals surface area contributed by atoms with Gasteiger partial charge in [0, 0.05) is 6.54 Å². The second kappa shape index (κ2) is 8.62. The molecule has 7 heteroatoms. The van der Waals surface area contributed by atoms with E-state index in [-0.39, 0.29) is 23.3 Å². The zero-order valence-electron chi connectivity index (χ0n) is 15.1. The summed E-state index contributed by atoms with van der Waals surface area (Å²) in [5.41, 5.74) is 0.640. The zero-order chi connectivity index (χ0) is 19.3. The van der Waals surface area contributed by atoms with Crippen LogP contribution in [-0.4, -0.2) is 41.6 Å². The number of ether oxygens (including phenoxy) is 2. The minimum Gasteiger partial charge on any atom is -0.493 e. The van der Waals surface area contributed by atoms with Crippen molar-refractivity contribution >= 4 is 35.2 Å². The van der Waals surface area contributed by atoms with Gasteiger partial charge in [-0.05, 0) is 49.3 Å². The highest BCUT2D eigenvalue weighted by Crippen LogP contribution is 2.30. The highest BCUT2D eigenvalue weighted by molar-refractivity contribution is 7.80. The van der Waals surface area contributed by atoms with E-state index in [1.807, 2.05) is 13.8 Å². The minimum atomic E-state index is -0.529. The first-order valence-corrected chi connectivity index (χ1v) is 8.66. The summed E-state index contributed by atoms with van der Waals surface area (Å²) in [4.78, 5) is 26.0. The largest absolute Gasteiger partial charge is 0.493 e. The van der Waals surface area contributed by atoms with E-state index in [2.05, 4.69) is 11.9 Å². The highest BCUT2D eigenvalue weighted by Gasteiger charge is 2.32. The molecule has 138 valence electrons. The summed E-state index contributed by atoms with van der Waals surface area (Å²) in [6.45, 7) is 7.82. The predicted molar refractivity (Wildman–Crippen MR) is 104 cm³/mol. The first kappa shape index (κ1) is 19.7. The second-order valence-electron chi connectivity index (χ2n) is 5.77. The van der Waals surface area contributed by atoms with Crippen molar-refractivity contribution < 1.29 is 19.1 Å². The number of nitrogens with one attached hydrogen (secondary N) is 1. The summed E-state index contributed by atoms with van der Waals surface area (Å²) in [6.07, 6.45) is 3.96. The Morgan fingerprint density at radius 1 is 1.35 bits per heavy atom. The Bertz CT molecular complexity index is 773. The third-order valence-corrected chi connectivity index (χ3v) is 4.22. The molecule has 0 spiro atoms. The van der Waals surface area contributed by atoms with Gasteiger partial charge in [-0.15, -0.1) is 6.58 Å². The summed E-state index contributed by atoms with van der Waals surface area (Å²) >= 11 is 5.03. The van der Waals surface area contributed by atoms with Gasteiger partial charge in [-0.3, -0.25) is 19.8 Å². The van der Waals surface area contributed by atoms with Gasteiger partial charge in [0.2, 0.25) is 0 Å². The summed E-state index contributed by atoms with van der Waals surface area (Å²) in [5, 5.41) is 2.59. The van der Waals surface area contributed by atoms with Gasteiger partial charge >= 0.3 is 0 Å².